The molecular weight excluding hydrogens is 382 g/mol. The molecule has 2 unspecified atom stereocenters. The fourth-order valence-electron chi connectivity index (χ4n) is 2.90. The van der Waals surface area contributed by atoms with Crippen LogP contribution in [0.3, 0.4) is 0 Å². The summed E-state index contributed by atoms with van der Waals surface area (Å²) in [7, 11) is -8.42. The summed E-state index contributed by atoms with van der Waals surface area (Å²) in [6, 6.07) is 8.03. The average molecular weight is 414 g/mol. The second-order valence-electron chi connectivity index (χ2n) is 7.46. The minimum absolute atomic E-state index is 0.0275. The van der Waals surface area contributed by atoms with E-state index in [1.807, 2.05) is 24.3 Å². The van der Waals surface area contributed by atoms with Crippen molar-refractivity contribution in [3.8, 4) is 0 Å². The zero-order valence-electron chi connectivity index (χ0n) is 16.6. The molecule has 2 atom stereocenters. The quantitative estimate of drug-likeness (QED) is 0.344. The lowest BCUT2D eigenvalue weighted by molar-refractivity contribution is 0.360. The fourth-order valence-corrected chi connectivity index (χ4v) is 6.31. The summed E-state index contributed by atoms with van der Waals surface area (Å²) < 4.78 is 23.1. The van der Waals surface area contributed by atoms with Gasteiger partial charge in [0.05, 0.1) is 0 Å². The number of hydrogen-bond donors (Lipinski definition) is 3. The zero-order valence-corrected chi connectivity index (χ0v) is 18.4. The van der Waals surface area contributed by atoms with Crippen molar-refractivity contribution in [1.82, 2.24) is 0 Å². The van der Waals surface area contributed by atoms with Crippen molar-refractivity contribution < 1.29 is 23.8 Å². The van der Waals surface area contributed by atoms with Gasteiger partial charge in [-0.05, 0) is 64.0 Å². The van der Waals surface area contributed by atoms with E-state index in [1.165, 1.54) is 11.1 Å². The van der Waals surface area contributed by atoms with E-state index in [0.29, 0.717) is 12.8 Å². The summed E-state index contributed by atoms with van der Waals surface area (Å²) in [4.78, 5) is 28.2. The molecular formula is C20H32O5P2. The molecule has 7 heteroatoms. The van der Waals surface area contributed by atoms with Crippen LogP contribution in [0.1, 0.15) is 57.6 Å². The normalized spacial score (nSPS) is 15.9. The number of benzene rings is 1. The molecule has 1 aromatic carbocycles. The Morgan fingerprint density at radius 3 is 2.15 bits per heavy atom. The van der Waals surface area contributed by atoms with Crippen LogP contribution in [0.2, 0.25) is 0 Å². The van der Waals surface area contributed by atoms with E-state index >= 15 is 0 Å². The van der Waals surface area contributed by atoms with Crippen molar-refractivity contribution in [2.24, 2.45) is 0 Å². The van der Waals surface area contributed by atoms with Gasteiger partial charge in [-0.1, -0.05) is 47.6 Å². The van der Waals surface area contributed by atoms with Crippen molar-refractivity contribution >= 4 is 21.0 Å². The molecule has 5 nitrogen and oxygen atoms in total. The highest BCUT2D eigenvalue weighted by Crippen LogP contribution is 2.61. The van der Waals surface area contributed by atoms with E-state index in [-0.39, 0.29) is 6.42 Å². The topological polar surface area (TPSA) is 94.8 Å². The second kappa shape index (κ2) is 10.5. The molecule has 0 bridgehead atoms. The summed E-state index contributed by atoms with van der Waals surface area (Å²) >= 11 is 0. The Morgan fingerprint density at radius 1 is 1.07 bits per heavy atom. The predicted molar refractivity (Wildman–Crippen MR) is 113 cm³/mol. The lowest BCUT2D eigenvalue weighted by Crippen LogP contribution is -2.09. The standard InChI is InChI=1S/C20H32O5P2/c1-16(2)7-5-8-17(3)15-19-13-11-18(12-14-19)9-6-10-20(26(4,21)22)27(23,24)25/h7,11-15,20H,5-6,8-10H2,1-4H3,(H,21,22)(H2,23,24,25)/b17-15+. The van der Waals surface area contributed by atoms with Crippen LogP contribution in [-0.4, -0.2) is 26.7 Å². The Labute approximate surface area is 162 Å². The van der Waals surface area contributed by atoms with E-state index in [1.54, 1.807) is 0 Å². The van der Waals surface area contributed by atoms with Gasteiger partial charge in [-0.2, -0.15) is 0 Å². The van der Waals surface area contributed by atoms with Crippen LogP contribution in [0, 0.1) is 0 Å². The maximum absolute atomic E-state index is 11.7. The smallest absolute Gasteiger partial charge is 0.338 e. The molecule has 0 fully saturated rings. The molecule has 0 spiro atoms. The Bertz CT molecular complexity index is 727. The molecule has 0 heterocycles. The first-order valence-electron chi connectivity index (χ1n) is 9.14. The van der Waals surface area contributed by atoms with Crippen LogP contribution in [0.5, 0.6) is 0 Å². The van der Waals surface area contributed by atoms with Gasteiger partial charge >= 0.3 is 7.60 Å². The minimum atomic E-state index is -4.58. The predicted octanol–water partition coefficient (Wildman–Crippen LogP) is 5.56. The number of allylic oxidation sites excluding steroid dienone is 3. The second-order valence-corrected chi connectivity index (χ2v) is 12.2. The minimum Gasteiger partial charge on any atom is -0.344 e. The molecule has 0 aliphatic carbocycles. The molecule has 0 aliphatic heterocycles. The zero-order chi connectivity index (χ0) is 20.7. The molecule has 0 amide bonds. The third-order valence-electron chi connectivity index (χ3n) is 4.35. The summed E-state index contributed by atoms with van der Waals surface area (Å²) in [5, 5.41) is -1.48. The van der Waals surface area contributed by atoms with E-state index in [9.17, 15) is 23.8 Å². The van der Waals surface area contributed by atoms with Gasteiger partial charge in [0, 0.05) is 6.66 Å². The van der Waals surface area contributed by atoms with E-state index in [4.69, 9.17) is 0 Å². The number of hydrogen-bond acceptors (Lipinski definition) is 2. The molecule has 1 rings (SSSR count). The van der Waals surface area contributed by atoms with Crippen LogP contribution in [-0.2, 0) is 15.6 Å². The third-order valence-corrected chi connectivity index (χ3v) is 8.94. The molecule has 0 aromatic heterocycles. The number of aryl methyl sites for hydroxylation is 1. The van der Waals surface area contributed by atoms with E-state index in [0.717, 1.165) is 30.6 Å². The molecule has 152 valence electrons. The third kappa shape index (κ3) is 9.69. The van der Waals surface area contributed by atoms with Gasteiger partial charge in [0.2, 0.25) is 7.37 Å². The summed E-state index contributed by atoms with van der Waals surface area (Å²) in [5.41, 5.74) is 4.80. The first kappa shape index (κ1) is 24.1. The highest BCUT2D eigenvalue weighted by Gasteiger charge is 2.39. The monoisotopic (exact) mass is 414 g/mol. The van der Waals surface area contributed by atoms with Crippen LogP contribution in [0.15, 0.2) is 41.5 Å². The van der Waals surface area contributed by atoms with Gasteiger partial charge < -0.3 is 14.7 Å². The fraction of sp³-hybridized carbons (Fsp3) is 0.500. The summed E-state index contributed by atoms with van der Waals surface area (Å²) in [6.07, 6.45) is 7.54. The Morgan fingerprint density at radius 2 is 1.67 bits per heavy atom. The summed E-state index contributed by atoms with van der Waals surface area (Å²) in [6.45, 7) is 7.32. The van der Waals surface area contributed by atoms with Crippen LogP contribution in [0.25, 0.3) is 6.08 Å². The number of rotatable bonds is 10. The van der Waals surface area contributed by atoms with Crippen LogP contribution < -0.4 is 0 Å². The summed E-state index contributed by atoms with van der Waals surface area (Å²) in [5.74, 6) is 0. The van der Waals surface area contributed by atoms with Gasteiger partial charge in [-0.15, -0.1) is 0 Å². The van der Waals surface area contributed by atoms with Gasteiger partial charge in [0.25, 0.3) is 0 Å². The average Bonchev–Trinajstić information content (AvgIpc) is 2.50. The first-order chi connectivity index (χ1) is 12.4. The Balaban J connectivity index is 2.61. The van der Waals surface area contributed by atoms with E-state index in [2.05, 4.69) is 32.9 Å². The maximum Gasteiger partial charge on any atom is 0.338 e. The van der Waals surface area contributed by atoms with Gasteiger partial charge in [0.15, 0.2) is 0 Å². The van der Waals surface area contributed by atoms with Crippen LogP contribution in [0.4, 0.5) is 0 Å². The van der Waals surface area contributed by atoms with Crippen molar-refractivity contribution in [2.45, 2.75) is 58.3 Å². The molecule has 3 N–H and O–H groups in total. The molecule has 27 heavy (non-hydrogen) atoms. The van der Waals surface area contributed by atoms with Crippen molar-refractivity contribution in [3.05, 3.63) is 52.6 Å². The Hall–Kier alpha value is -0.960. The van der Waals surface area contributed by atoms with Gasteiger partial charge in [-0.3, -0.25) is 9.13 Å². The largest absolute Gasteiger partial charge is 0.344 e. The van der Waals surface area contributed by atoms with Gasteiger partial charge in [0.1, 0.15) is 5.40 Å². The molecule has 0 saturated heterocycles. The van der Waals surface area contributed by atoms with Crippen molar-refractivity contribution in [3.63, 3.8) is 0 Å². The molecule has 0 saturated carbocycles. The molecule has 0 aliphatic rings. The highest BCUT2D eigenvalue weighted by atomic mass is 31.2. The van der Waals surface area contributed by atoms with Gasteiger partial charge in [-0.25, -0.2) is 0 Å². The molecule has 0 radical (unpaired) electrons. The molecule has 1 aromatic rings. The maximum atomic E-state index is 11.7. The Kier molecular flexibility index (Phi) is 9.41. The SMILES string of the molecule is CC(C)=CCC/C(C)=C/c1ccc(CCCC(P(C)(=O)O)P(=O)(O)O)cc1. The van der Waals surface area contributed by atoms with Crippen molar-refractivity contribution in [1.29, 1.82) is 0 Å². The highest BCUT2D eigenvalue weighted by molar-refractivity contribution is 7.73. The lowest BCUT2D eigenvalue weighted by Gasteiger charge is -2.20. The lowest BCUT2D eigenvalue weighted by atomic mass is 10.0. The van der Waals surface area contributed by atoms with Crippen molar-refractivity contribution in [2.75, 3.05) is 6.66 Å². The van der Waals surface area contributed by atoms with Crippen LogP contribution >= 0.6 is 15.0 Å². The first-order valence-corrected chi connectivity index (χ1v) is 13.0. The van der Waals surface area contributed by atoms with E-state index < -0.39 is 20.4 Å².